The summed E-state index contributed by atoms with van der Waals surface area (Å²) in [6.45, 7) is 2.81. The molecule has 1 aliphatic heterocycles. The molecular weight excluding hydrogens is 454 g/mol. The fraction of sp³-hybridized carbons (Fsp3) is 0.200. The Morgan fingerprint density at radius 3 is 2.45 bits per heavy atom. The molecule has 2 heterocycles. The zero-order valence-corrected chi connectivity index (χ0v) is 19.7. The first kappa shape index (κ1) is 21.8. The molecule has 1 fully saturated rings. The maximum atomic E-state index is 13.0. The third-order valence-corrected chi connectivity index (χ3v) is 8.94. The molecule has 1 aliphatic rings. The molecule has 1 N–H and O–H groups in total. The zero-order valence-electron chi connectivity index (χ0n) is 18.1. The molecular formula is C25H23N3O3S2. The minimum Gasteiger partial charge on any atom is -0.322 e. The van der Waals surface area contributed by atoms with Gasteiger partial charge in [0.15, 0.2) is 0 Å². The van der Waals surface area contributed by atoms with E-state index in [1.807, 2.05) is 48.5 Å². The van der Waals surface area contributed by atoms with E-state index in [2.05, 4.69) is 10.3 Å². The summed E-state index contributed by atoms with van der Waals surface area (Å²) in [5.74, 6) is -0.347. The smallest absolute Gasteiger partial charge is 0.255 e. The number of amides is 1. The van der Waals surface area contributed by atoms with Crippen molar-refractivity contribution in [1.29, 1.82) is 0 Å². The molecule has 0 spiro atoms. The Kier molecular flexibility index (Phi) is 5.74. The lowest BCUT2D eigenvalue weighted by atomic mass is 10.1. The highest BCUT2D eigenvalue weighted by molar-refractivity contribution is 7.89. The fourth-order valence-corrected chi connectivity index (χ4v) is 6.72. The number of aryl methyl sites for hydroxylation is 1. The van der Waals surface area contributed by atoms with Gasteiger partial charge in [-0.3, -0.25) is 4.79 Å². The summed E-state index contributed by atoms with van der Waals surface area (Å²) in [4.78, 5) is 17.7. The summed E-state index contributed by atoms with van der Waals surface area (Å²) in [5.41, 5.74) is 3.53. The van der Waals surface area contributed by atoms with E-state index in [0.717, 1.165) is 33.6 Å². The van der Waals surface area contributed by atoms with E-state index in [0.29, 0.717) is 29.9 Å². The Labute approximate surface area is 197 Å². The summed E-state index contributed by atoms with van der Waals surface area (Å²) in [6, 6.07) is 20.3. The van der Waals surface area contributed by atoms with Crippen LogP contribution in [0.4, 0.5) is 5.69 Å². The van der Waals surface area contributed by atoms with Crippen LogP contribution in [0, 0.1) is 6.92 Å². The number of fused-ring (bicyclic) bond motifs is 1. The number of anilines is 1. The highest BCUT2D eigenvalue weighted by Gasteiger charge is 2.29. The Bertz CT molecular complexity index is 1400. The van der Waals surface area contributed by atoms with Gasteiger partial charge in [-0.05, 0) is 73.9 Å². The molecule has 33 heavy (non-hydrogen) atoms. The Hall–Kier alpha value is -3.07. The lowest BCUT2D eigenvalue weighted by Crippen LogP contribution is -2.28. The number of rotatable bonds is 5. The Balaban J connectivity index is 1.35. The van der Waals surface area contributed by atoms with Gasteiger partial charge in [0.25, 0.3) is 5.91 Å². The number of benzene rings is 3. The number of carbonyl (C=O) groups excluding carboxylic acids is 1. The van der Waals surface area contributed by atoms with Gasteiger partial charge in [0.1, 0.15) is 5.01 Å². The second-order valence-corrected chi connectivity index (χ2v) is 11.0. The maximum Gasteiger partial charge on any atom is 0.255 e. The van der Waals surface area contributed by atoms with Crippen LogP contribution in [0.1, 0.15) is 28.8 Å². The topological polar surface area (TPSA) is 79.4 Å². The second-order valence-electron chi connectivity index (χ2n) is 8.11. The number of aromatic nitrogens is 1. The summed E-state index contributed by atoms with van der Waals surface area (Å²) in [7, 11) is -3.60. The maximum absolute atomic E-state index is 13.0. The summed E-state index contributed by atoms with van der Waals surface area (Å²) < 4.78 is 28.7. The predicted molar refractivity (Wildman–Crippen MR) is 132 cm³/mol. The van der Waals surface area contributed by atoms with Crippen molar-refractivity contribution < 1.29 is 13.2 Å². The third kappa shape index (κ3) is 4.29. The van der Waals surface area contributed by atoms with Crippen molar-refractivity contribution in [3.8, 4) is 10.6 Å². The van der Waals surface area contributed by atoms with Gasteiger partial charge in [-0.1, -0.05) is 18.2 Å². The van der Waals surface area contributed by atoms with E-state index < -0.39 is 10.0 Å². The number of carbonyl (C=O) groups is 1. The first-order chi connectivity index (χ1) is 15.9. The first-order valence-corrected chi connectivity index (χ1v) is 13.1. The fourth-order valence-electron chi connectivity index (χ4n) is 3.98. The molecule has 0 unspecified atom stereocenters. The third-order valence-electron chi connectivity index (χ3n) is 5.82. The molecule has 1 aromatic heterocycles. The van der Waals surface area contributed by atoms with Gasteiger partial charge in [0, 0.05) is 29.9 Å². The molecule has 1 amide bonds. The lowest BCUT2D eigenvalue weighted by molar-refractivity contribution is 0.102. The van der Waals surface area contributed by atoms with E-state index >= 15 is 0 Å². The van der Waals surface area contributed by atoms with E-state index in [-0.39, 0.29) is 10.8 Å². The van der Waals surface area contributed by atoms with Crippen molar-refractivity contribution >= 4 is 43.2 Å². The number of nitrogens with one attached hydrogen (secondary N) is 1. The van der Waals surface area contributed by atoms with Crippen LogP contribution < -0.4 is 5.32 Å². The molecule has 4 aromatic rings. The molecule has 3 aromatic carbocycles. The number of sulfonamides is 1. The minimum absolute atomic E-state index is 0.197. The first-order valence-electron chi connectivity index (χ1n) is 10.8. The quantitative estimate of drug-likeness (QED) is 0.423. The largest absolute Gasteiger partial charge is 0.322 e. The molecule has 168 valence electrons. The average molecular weight is 478 g/mol. The van der Waals surface area contributed by atoms with Gasteiger partial charge >= 0.3 is 0 Å². The van der Waals surface area contributed by atoms with Gasteiger partial charge in [-0.15, -0.1) is 11.3 Å². The molecule has 0 bridgehead atoms. The van der Waals surface area contributed by atoms with Gasteiger partial charge in [-0.25, -0.2) is 13.4 Å². The van der Waals surface area contributed by atoms with Gasteiger partial charge < -0.3 is 5.32 Å². The Morgan fingerprint density at radius 1 is 1.00 bits per heavy atom. The van der Waals surface area contributed by atoms with Crippen molar-refractivity contribution in [2.45, 2.75) is 24.7 Å². The second kappa shape index (κ2) is 8.70. The van der Waals surface area contributed by atoms with E-state index in [1.54, 1.807) is 30.4 Å². The van der Waals surface area contributed by atoms with Crippen molar-refractivity contribution in [3.63, 3.8) is 0 Å². The summed E-state index contributed by atoms with van der Waals surface area (Å²) >= 11 is 1.62. The monoisotopic (exact) mass is 477 g/mol. The van der Waals surface area contributed by atoms with Gasteiger partial charge in [0.2, 0.25) is 10.0 Å². The van der Waals surface area contributed by atoms with Crippen LogP contribution in [-0.2, 0) is 10.0 Å². The number of hydrogen-bond donors (Lipinski definition) is 1. The molecule has 0 saturated carbocycles. The number of hydrogen-bond acceptors (Lipinski definition) is 5. The van der Waals surface area contributed by atoms with Crippen LogP contribution in [0.2, 0.25) is 0 Å². The van der Waals surface area contributed by atoms with Crippen molar-refractivity contribution in [1.82, 2.24) is 9.29 Å². The van der Waals surface area contributed by atoms with Gasteiger partial charge in [-0.2, -0.15) is 4.31 Å². The zero-order chi connectivity index (χ0) is 23.0. The number of nitrogens with zero attached hydrogens (tertiary/aromatic N) is 2. The van der Waals surface area contributed by atoms with Crippen LogP contribution >= 0.6 is 11.3 Å². The van der Waals surface area contributed by atoms with E-state index in [1.165, 1.54) is 10.4 Å². The van der Waals surface area contributed by atoms with Crippen LogP contribution in [0.3, 0.4) is 0 Å². The van der Waals surface area contributed by atoms with Crippen LogP contribution in [-0.4, -0.2) is 36.7 Å². The molecule has 0 aliphatic carbocycles. The van der Waals surface area contributed by atoms with Crippen LogP contribution in [0.15, 0.2) is 71.6 Å². The normalized spacial score (nSPS) is 14.6. The van der Waals surface area contributed by atoms with Crippen molar-refractivity contribution in [2.24, 2.45) is 0 Å². The van der Waals surface area contributed by atoms with Crippen molar-refractivity contribution in [2.75, 3.05) is 18.4 Å². The standard InChI is InChI=1S/C25H23N3O3S2/c1-17-8-9-19(16-23(17)33(30,31)28-14-4-5-15-28)24(29)26-20-12-10-18(11-13-20)25-27-21-6-2-3-7-22(21)32-25/h2-3,6-13,16H,4-5,14-15H2,1H3,(H,26,29). The summed E-state index contributed by atoms with van der Waals surface area (Å²) in [5, 5.41) is 3.79. The van der Waals surface area contributed by atoms with Crippen LogP contribution in [0.5, 0.6) is 0 Å². The highest BCUT2D eigenvalue weighted by atomic mass is 32.2. The minimum atomic E-state index is -3.60. The molecule has 0 atom stereocenters. The van der Waals surface area contributed by atoms with Crippen LogP contribution in [0.25, 0.3) is 20.8 Å². The average Bonchev–Trinajstić information content (AvgIpc) is 3.50. The number of thiazole rings is 1. The van der Waals surface area contributed by atoms with E-state index in [4.69, 9.17) is 0 Å². The highest BCUT2D eigenvalue weighted by Crippen LogP contribution is 2.31. The Morgan fingerprint density at radius 2 is 1.73 bits per heavy atom. The van der Waals surface area contributed by atoms with Gasteiger partial charge in [0.05, 0.1) is 15.1 Å². The molecule has 0 radical (unpaired) electrons. The summed E-state index contributed by atoms with van der Waals surface area (Å²) in [6.07, 6.45) is 1.73. The molecule has 8 heteroatoms. The lowest BCUT2D eigenvalue weighted by Gasteiger charge is -2.18. The molecule has 1 saturated heterocycles. The number of para-hydroxylation sites is 1. The van der Waals surface area contributed by atoms with E-state index in [9.17, 15) is 13.2 Å². The predicted octanol–water partition coefficient (Wildman–Crippen LogP) is 5.31. The van der Waals surface area contributed by atoms with Crippen molar-refractivity contribution in [3.05, 3.63) is 77.9 Å². The SMILES string of the molecule is Cc1ccc(C(=O)Nc2ccc(-c3nc4ccccc4s3)cc2)cc1S(=O)(=O)N1CCCC1. The molecule has 6 nitrogen and oxygen atoms in total. The molecule has 5 rings (SSSR count).